The Balaban J connectivity index is 2.70. The fraction of sp³-hybridized carbons (Fsp3) is 0.625. The van der Waals surface area contributed by atoms with E-state index in [1.165, 1.54) is 0 Å². The summed E-state index contributed by atoms with van der Waals surface area (Å²) in [7, 11) is -3.60. The van der Waals surface area contributed by atoms with Gasteiger partial charge in [-0.1, -0.05) is 13.8 Å². The third kappa shape index (κ3) is 3.38. The molecule has 1 aromatic rings. The van der Waals surface area contributed by atoms with Crippen LogP contribution in [0.4, 0.5) is 11.5 Å². The molecule has 0 saturated heterocycles. The fourth-order valence-corrected chi connectivity index (χ4v) is 1.99. The van der Waals surface area contributed by atoms with Crippen LogP contribution in [-0.2, 0) is 10.2 Å². The number of aromatic amines is 1. The molecule has 92 valence electrons. The molecule has 0 radical (unpaired) electrons. The maximum Gasteiger partial charge on any atom is 0.300 e. The zero-order chi connectivity index (χ0) is 12.3. The van der Waals surface area contributed by atoms with Crippen LogP contribution in [0.25, 0.3) is 0 Å². The van der Waals surface area contributed by atoms with Gasteiger partial charge in [0.2, 0.25) is 0 Å². The first-order valence-electron chi connectivity index (χ1n) is 4.89. The summed E-state index contributed by atoms with van der Waals surface area (Å²) in [5.74, 6) is 0.351. The number of aryl methyl sites for hydroxylation is 1. The van der Waals surface area contributed by atoms with E-state index in [4.69, 9.17) is 5.73 Å². The average Bonchev–Trinajstić information content (AvgIpc) is 2.46. The van der Waals surface area contributed by atoms with E-state index in [-0.39, 0.29) is 11.7 Å². The van der Waals surface area contributed by atoms with Crippen molar-refractivity contribution in [3.8, 4) is 0 Å². The number of rotatable bonds is 5. The van der Waals surface area contributed by atoms with Gasteiger partial charge in [-0.05, 0) is 12.8 Å². The lowest BCUT2D eigenvalue weighted by atomic mass is 10.2. The number of nitrogens with one attached hydrogen (secondary N) is 3. The average molecular weight is 247 g/mol. The summed E-state index contributed by atoms with van der Waals surface area (Å²) >= 11 is 0. The Morgan fingerprint density at radius 2 is 2.12 bits per heavy atom. The molecule has 0 atom stereocenters. The van der Waals surface area contributed by atoms with Crippen LogP contribution in [-0.4, -0.2) is 25.2 Å². The summed E-state index contributed by atoms with van der Waals surface area (Å²) in [6.07, 6.45) is 0. The molecular formula is C8H17N5O2S. The molecule has 16 heavy (non-hydrogen) atoms. The van der Waals surface area contributed by atoms with E-state index >= 15 is 0 Å². The van der Waals surface area contributed by atoms with Gasteiger partial charge >= 0.3 is 0 Å². The van der Waals surface area contributed by atoms with Gasteiger partial charge in [0.25, 0.3) is 10.2 Å². The van der Waals surface area contributed by atoms with Crippen molar-refractivity contribution < 1.29 is 8.42 Å². The molecule has 1 aromatic heterocycles. The molecule has 0 fully saturated rings. The Kier molecular flexibility index (Phi) is 3.76. The summed E-state index contributed by atoms with van der Waals surface area (Å²) < 4.78 is 27.7. The Morgan fingerprint density at radius 3 is 2.56 bits per heavy atom. The monoisotopic (exact) mass is 247 g/mol. The Morgan fingerprint density at radius 1 is 1.50 bits per heavy atom. The van der Waals surface area contributed by atoms with Crippen LogP contribution in [0.5, 0.6) is 0 Å². The molecule has 0 aromatic carbocycles. The molecule has 8 heteroatoms. The number of hydrogen-bond donors (Lipinski definition) is 4. The van der Waals surface area contributed by atoms with Gasteiger partial charge in [0.1, 0.15) is 0 Å². The zero-order valence-electron chi connectivity index (χ0n) is 9.53. The predicted octanol–water partition coefficient (Wildman–Crippen LogP) is 0.203. The van der Waals surface area contributed by atoms with E-state index < -0.39 is 10.2 Å². The van der Waals surface area contributed by atoms with Crippen molar-refractivity contribution in [2.45, 2.75) is 20.8 Å². The summed E-state index contributed by atoms with van der Waals surface area (Å²) in [6, 6.07) is 0. The van der Waals surface area contributed by atoms with Crippen LogP contribution in [0.1, 0.15) is 19.5 Å². The maximum atomic E-state index is 11.5. The van der Waals surface area contributed by atoms with Crippen molar-refractivity contribution in [2.24, 2.45) is 5.92 Å². The highest BCUT2D eigenvalue weighted by atomic mass is 32.2. The summed E-state index contributed by atoms with van der Waals surface area (Å²) in [5.41, 5.74) is 6.54. The van der Waals surface area contributed by atoms with Gasteiger partial charge < -0.3 is 5.73 Å². The lowest BCUT2D eigenvalue weighted by Crippen LogP contribution is -2.33. The molecule has 1 rings (SSSR count). The van der Waals surface area contributed by atoms with Gasteiger partial charge in [0.05, 0.1) is 11.4 Å². The molecule has 0 aliphatic heterocycles. The van der Waals surface area contributed by atoms with Crippen molar-refractivity contribution in [3.63, 3.8) is 0 Å². The molecule has 0 amide bonds. The van der Waals surface area contributed by atoms with E-state index in [9.17, 15) is 8.42 Å². The summed E-state index contributed by atoms with van der Waals surface area (Å²) in [6.45, 7) is 5.89. The molecule has 0 aliphatic rings. The standard InChI is InChI=1S/C8H17N5O2S/c1-5(2)4-10-16(14,15)13-8-7(9)6(3)11-12-8/h5,10H,4,9H2,1-3H3,(H2,11,12,13). The van der Waals surface area contributed by atoms with Crippen LogP contribution in [0.2, 0.25) is 0 Å². The van der Waals surface area contributed by atoms with Crippen LogP contribution in [0, 0.1) is 12.8 Å². The van der Waals surface area contributed by atoms with E-state index in [1.54, 1.807) is 6.92 Å². The highest BCUT2D eigenvalue weighted by Gasteiger charge is 2.15. The number of nitrogens with zero attached hydrogens (tertiary/aromatic N) is 1. The van der Waals surface area contributed by atoms with Gasteiger partial charge in [-0.2, -0.15) is 18.2 Å². The minimum atomic E-state index is -3.60. The van der Waals surface area contributed by atoms with Gasteiger partial charge in [0.15, 0.2) is 5.82 Å². The highest BCUT2D eigenvalue weighted by Crippen LogP contribution is 2.18. The van der Waals surface area contributed by atoms with Gasteiger partial charge in [-0.3, -0.25) is 9.82 Å². The van der Waals surface area contributed by atoms with Crippen molar-refractivity contribution in [3.05, 3.63) is 5.69 Å². The van der Waals surface area contributed by atoms with Crippen LogP contribution in [0.15, 0.2) is 0 Å². The van der Waals surface area contributed by atoms with Crippen LogP contribution < -0.4 is 15.2 Å². The molecule has 7 nitrogen and oxygen atoms in total. The maximum absolute atomic E-state index is 11.5. The predicted molar refractivity (Wildman–Crippen MR) is 63.1 cm³/mol. The second kappa shape index (κ2) is 4.71. The summed E-state index contributed by atoms with van der Waals surface area (Å²) in [5, 5.41) is 6.34. The van der Waals surface area contributed by atoms with E-state index in [1.807, 2.05) is 13.8 Å². The number of hydrogen-bond acceptors (Lipinski definition) is 4. The normalized spacial score (nSPS) is 12.0. The summed E-state index contributed by atoms with van der Waals surface area (Å²) in [4.78, 5) is 0. The largest absolute Gasteiger partial charge is 0.394 e. The van der Waals surface area contributed by atoms with E-state index in [0.717, 1.165) is 0 Å². The Hall–Kier alpha value is -1.28. The smallest absolute Gasteiger partial charge is 0.300 e. The topological polar surface area (TPSA) is 113 Å². The third-order valence-electron chi connectivity index (χ3n) is 1.91. The number of anilines is 2. The lowest BCUT2D eigenvalue weighted by Gasteiger charge is -2.09. The quantitative estimate of drug-likeness (QED) is 0.595. The second-order valence-electron chi connectivity index (χ2n) is 3.96. The molecular weight excluding hydrogens is 230 g/mol. The minimum absolute atomic E-state index is 0.119. The fourth-order valence-electron chi connectivity index (χ4n) is 0.955. The number of aromatic nitrogens is 2. The van der Waals surface area contributed by atoms with Crippen molar-refractivity contribution in [1.82, 2.24) is 14.9 Å². The lowest BCUT2D eigenvalue weighted by molar-refractivity contribution is 0.564. The molecule has 5 N–H and O–H groups in total. The zero-order valence-corrected chi connectivity index (χ0v) is 10.4. The molecule has 1 heterocycles. The van der Waals surface area contributed by atoms with Crippen molar-refractivity contribution >= 4 is 21.7 Å². The van der Waals surface area contributed by atoms with Crippen LogP contribution in [0.3, 0.4) is 0 Å². The Bertz CT molecular complexity index is 451. The number of H-pyrrole nitrogens is 1. The first kappa shape index (κ1) is 12.8. The SMILES string of the molecule is Cc1[nH]nc(NS(=O)(=O)NCC(C)C)c1N. The number of nitrogen functional groups attached to an aromatic ring is 1. The molecule has 0 saturated carbocycles. The van der Waals surface area contributed by atoms with Gasteiger partial charge in [-0.15, -0.1) is 0 Å². The highest BCUT2D eigenvalue weighted by molar-refractivity contribution is 7.90. The minimum Gasteiger partial charge on any atom is -0.394 e. The number of nitrogens with two attached hydrogens (primary N) is 1. The molecule has 0 bridgehead atoms. The van der Waals surface area contributed by atoms with Gasteiger partial charge in [-0.25, -0.2) is 0 Å². The van der Waals surface area contributed by atoms with Gasteiger partial charge in [0, 0.05) is 6.54 Å². The van der Waals surface area contributed by atoms with E-state index in [0.29, 0.717) is 17.9 Å². The first-order chi connectivity index (χ1) is 7.32. The third-order valence-corrected chi connectivity index (χ3v) is 2.92. The van der Waals surface area contributed by atoms with Crippen molar-refractivity contribution in [1.29, 1.82) is 0 Å². The molecule has 0 aliphatic carbocycles. The molecule has 0 unspecified atom stereocenters. The van der Waals surface area contributed by atoms with Crippen LogP contribution >= 0.6 is 0 Å². The first-order valence-corrected chi connectivity index (χ1v) is 6.38. The Labute approximate surface area is 95.0 Å². The second-order valence-corrected chi connectivity index (χ2v) is 5.46. The molecule has 0 spiro atoms. The van der Waals surface area contributed by atoms with E-state index in [2.05, 4.69) is 19.6 Å². The van der Waals surface area contributed by atoms with Crippen molar-refractivity contribution in [2.75, 3.05) is 17.0 Å².